The molecule has 30 heavy (non-hydrogen) atoms. The minimum atomic E-state index is -0.488. The first-order chi connectivity index (χ1) is 14.4. The molecule has 1 aromatic heterocycles. The zero-order valence-electron chi connectivity index (χ0n) is 17.4. The van der Waals surface area contributed by atoms with Crippen molar-refractivity contribution in [2.75, 3.05) is 0 Å². The minimum absolute atomic E-state index is 0.0636. The van der Waals surface area contributed by atoms with Gasteiger partial charge in [-0.15, -0.1) is 0 Å². The largest absolute Gasteiger partial charge is 0.352 e. The maximum absolute atomic E-state index is 12.8. The van der Waals surface area contributed by atoms with Crippen LogP contribution in [-0.4, -0.2) is 21.1 Å². The first-order valence-electron chi connectivity index (χ1n) is 10.1. The quantitative estimate of drug-likeness (QED) is 0.626. The van der Waals surface area contributed by atoms with Gasteiger partial charge in [0.1, 0.15) is 6.54 Å². The van der Waals surface area contributed by atoms with Crippen molar-refractivity contribution in [3.63, 3.8) is 0 Å². The van der Waals surface area contributed by atoms with Crippen LogP contribution in [0.2, 0.25) is 0 Å². The Morgan fingerprint density at radius 1 is 1.00 bits per heavy atom. The number of nitrogens with one attached hydrogen (secondary N) is 1. The number of rotatable bonds is 8. The van der Waals surface area contributed by atoms with E-state index in [4.69, 9.17) is 0 Å². The fraction of sp³-hybridized carbons (Fsp3) is 0.292. The number of amides is 1. The lowest BCUT2D eigenvalue weighted by Gasteiger charge is -2.15. The Hall–Kier alpha value is -3.41. The molecule has 6 nitrogen and oxygen atoms in total. The summed E-state index contributed by atoms with van der Waals surface area (Å²) in [6.45, 7) is 3.95. The number of carbonyl (C=O) groups excluding carboxylic acids is 1. The molecule has 156 valence electrons. The molecule has 0 spiro atoms. The molecular formula is C24H27N3O3. The average Bonchev–Trinajstić information content (AvgIpc) is 2.74. The van der Waals surface area contributed by atoms with Crippen molar-refractivity contribution in [1.82, 2.24) is 14.5 Å². The van der Waals surface area contributed by atoms with E-state index in [0.29, 0.717) is 6.54 Å². The van der Waals surface area contributed by atoms with Crippen molar-refractivity contribution >= 4 is 5.91 Å². The second kappa shape index (κ2) is 9.87. The van der Waals surface area contributed by atoms with Gasteiger partial charge in [0.25, 0.3) is 5.56 Å². The molecule has 0 unspecified atom stereocenters. The van der Waals surface area contributed by atoms with Gasteiger partial charge < -0.3 is 5.32 Å². The topological polar surface area (TPSA) is 73.1 Å². The summed E-state index contributed by atoms with van der Waals surface area (Å²) in [5.74, 6) is -0.344. The molecule has 0 fully saturated rings. The zero-order valence-corrected chi connectivity index (χ0v) is 17.4. The highest BCUT2D eigenvalue weighted by atomic mass is 16.2. The molecule has 1 amide bonds. The third-order valence-corrected chi connectivity index (χ3v) is 5.16. The monoisotopic (exact) mass is 405 g/mol. The molecule has 0 saturated carbocycles. The number of carbonyl (C=O) groups is 1. The summed E-state index contributed by atoms with van der Waals surface area (Å²) < 4.78 is 2.44. The zero-order chi connectivity index (χ0) is 21.5. The van der Waals surface area contributed by atoms with Crippen LogP contribution in [-0.2, 0) is 24.3 Å². The smallest absolute Gasteiger partial charge is 0.331 e. The number of aryl methyl sites for hydroxylation is 2. The molecule has 0 aliphatic rings. The first-order valence-corrected chi connectivity index (χ1v) is 10.1. The van der Waals surface area contributed by atoms with Crippen molar-refractivity contribution < 1.29 is 4.79 Å². The number of benzene rings is 2. The van der Waals surface area contributed by atoms with Crippen LogP contribution in [0, 0.1) is 6.92 Å². The van der Waals surface area contributed by atoms with E-state index >= 15 is 0 Å². The Labute approximate surface area is 175 Å². The van der Waals surface area contributed by atoms with Gasteiger partial charge in [0, 0.05) is 18.3 Å². The van der Waals surface area contributed by atoms with Crippen LogP contribution in [0.4, 0.5) is 0 Å². The summed E-state index contributed by atoms with van der Waals surface area (Å²) in [5.41, 5.74) is 2.29. The minimum Gasteiger partial charge on any atom is -0.352 e. The fourth-order valence-corrected chi connectivity index (χ4v) is 3.36. The van der Waals surface area contributed by atoms with E-state index in [1.165, 1.54) is 22.4 Å². The van der Waals surface area contributed by atoms with Gasteiger partial charge in [-0.3, -0.25) is 18.7 Å². The predicted octanol–water partition coefficient (Wildman–Crippen LogP) is 2.50. The van der Waals surface area contributed by atoms with Crippen molar-refractivity contribution in [3.05, 3.63) is 104 Å². The van der Waals surface area contributed by atoms with Crippen LogP contribution < -0.4 is 16.6 Å². The molecule has 2 aromatic carbocycles. The van der Waals surface area contributed by atoms with E-state index in [2.05, 4.69) is 17.4 Å². The number of aromatic nitrogens is 2. The van der Waals surface area contributed by atoms with Gasteiger partial charge >= 0.3 is 5.69 Å². The van der Waals surface area contributed by atoms with E-state index in [-0.39, 0.29) is 18.5 Å². The highest BCUT2D eigenvalue weighted by molar-refractivity contribution is 5.75. The normalized spacial score (nSPS) is 11.8. The van der Waals surface area contributed by atoms with Crippen molar-refractivity contribution in [1.29, 1.82) is 0 Å². The molecule has 3 rings (SSSR count). The van der Waals surface area contributed by atoms with Gasteiger partial charge in [-0.05, 0) is 43.4 Å². The number of nitrogens with zero attached hydrogens (tertiary/aromatic N) is 2. The van der Waals surface area contributed by atoms with Crippen LogP contribution >= 0.6 is 0 Å². The second-order valence-corrected chi connectivity index (χ2v) is 7.57. The van der Waals surface area contributed by atoms with Crippen molar-refractivity contribution in [3.8, 4) is 0 Å². The standard InChI is InChI=1S/C24H27N3O3/c1-18-8-6-7-11-21(18)16-26-15-14-23(29)27(24(26)30)17-22(28)25-19(2)12-13-20-9-4-3-5-10-20/h3-11,14-15,19H,12-13,16-17H2,1-2H3,(H,25,28)/t19-/m1/s1. The Bertz CT molecular complexity index is 1120. The molecule has 6 heteroatoms. The highest BCUT2D eigenvalue weighted by Crippen LogP contribution is 2.08. The van der Waals surface area contributed by atoms with E-state index in [9.17, 15) is 14.4 Å². The van der Waals surface area contributed by atoms with Gasteiger partial charge in [-0.1, -0.05) is 54.6 Å². The van der Waals surface area contributed by atoms with Crippen LogP contribution in [0.15, 0.2) is 76.4 Å². The van der Waals surface area contributed by atoms with Gasteiger partial charge in [0.2, 0.25) is 5.91 Å². The first kappa shape index (κ1) is 21.3. The maximum atomic E-state index is 12.8. The van der Waals surface area contributed by atoms with Gasteiger partial charge in [-0.2, -0.15) is 0 Å². The molecule has 0 aliphatic heterocycles. The second-order valence-electron chi connectivity index (χ2n) is 7.57. The Morgan fingerprint density at radius 2 is 1.70 bits per heavy atom. The molecule has 0 bridgehead atoms. The van der Waals surface area contributed by atoms with Crippen LogP contribution in [0.25, 0.3) is 0 Å². The Kier molecular flexibility index (Phi) is 7.01. The van der Waals surface area contributed by atoms with Crippen molar-refractivity contribution in [2.24, 2.45) is 0 Å². The molecule has 1 atom stereocenters. The van der Waals surface area contributed by atoms with E-state index in [0.717, 1.165) is 28.5 Å². The SMILES string of the molecule is Cc1ccccc1Cn1ccc(=O)n(CC(=O)N[C@H](C)CCc2ccccc2)c1=O. The Balaban J connectivity index is 1.65. The molecular weight excluding hydrogens is 378 g/mol. The van der Waals surface area contributed by atoms with Crippen LogP contribution in [0.1, 0.15) is 30.0 Å². The lowest BCUT2D eigenvalue weighted by atomic mass is 10.1. The molecule has 3 aromatic rings. The van der Waals surface area contributed by atoms with E-state index < -0.39 is 11.2 Å². The third kappa shape index (κ3) is 5.56. The molecule has 1 heterocycles. The van der Waals surface area contributed by atoms with Gasteiger partial charge in [-0.25, -0.2) is 4.79 Å². The summed E-state index contributed by atoms with van der Waals surface area (Å²) in [7, 11) is 0. The molecule has 0 saturated heterocycles. The summed E-state index contributed by atoms with van der Waals surface area (Å²) in [5, 5.41) is 2.88. The van der Waals surface area contributed by atoms with Gasteiger partial charge in [0.05, 0.1) is 6.54 Å². The fourth-order valence-electron chi connectivity index (χ4n) is 3.36. The predicted molar refractivity (Wildman–Crippen MR) is 118 cm³/mol. The maximum Gasteiger partial charge on any atom is 0.331 e. The molecule has 0 radical (unpaired) electrons. The highest BCUT2D eigenvalue weighted by Gasteiger charge is 2.13. The van der Waals surface area contributed by atoms with E-state index in [1.54, 1.807) is 0 Å². The number of hydrogen-bond donors (Lipinski definition) is 1. The summed E-state index contributed by atoms with van der Waals surface area (Å²) in [4.78, 5) is 37.4. The lowest BCUT2D eigenvalue weighted by Crippen LogP contribution is -2.44. The lowest BCUT2D eigenvalue weighted by molar-refractivity contribution is -0.122. The van der Waals surface area contributed by atoms with Crippen LogP contribution in [0.3, 0.4) is 0 Å². The number of hydrogen-bond acceptors (Lipinski definition) is 3. The van der Waals surface area contributed by atoms with E-state index in [1.807, 2.05) is 56.3 Å². The molecule has 1 N–H and O–H groups in total. The summed E-state index contributed by atoms with van der Waals surface area (Å²) in [6, 6.07) is 19.1. The van der Waals surface area contributed by atoms with Gasteiger partial charge in [0.15, 0.2) is 0 Å². The third-order valence-electron chi connectivity index (χ3n) is 5.16. The average molecular weight is 405 g/mol. The summed E-state index contributed by atoms with van der Waals surface area (Å²) >= 11 is 0. The Morgan fingerprint density at radius 3 is 2.43 bits per heavy atom. The summed E-state index contributed by atoms with van der Waals surface area (Å²) in [6.07, 6.45) is 3.10. The van der Waals surface area contributed by atoms with Crippen molar-refractivity contribution in [2.45, 2.75) is 45.8 Å². The molecule has 0 aliphatic carbocycles. The van der Waals surface area contributed by atoms with Crippen LogP contribution in [0.5, 0.6) is 0 Å².